The number of thioether (sulfide) groups is 1. The first-order valence-electron chi connectivity index (χ1n) is 10.1. The molecule has 0 saturated heterocycles. The lowest BCUT2D eigenvalue weighted by molar-refractivity contribution is -0.118. The van der Waals surface area contributed by atoms with Gasteiger partial charge in [-0.25, -0.2) is 4.39 Å². The smallest absolute Gasteiger partial charge is 0.387 e. The summed E-state index contributed by atoms with van der Waals surface area (Å²) in [6, 6.07) is 13.0. The molecule has 0 atom stereocenters. The Morgan fingerprint density at radius 1 is 1.16 bits per heavy atom. The molecule has 1 N–H and O–H groups in total. The van der Waals surface area contributed by atoms with Crippen molar-refractivity contribution in [3.05, 3.63) is 59.9 Å². The average molecular weight is 462 g/mol. The van der Waals surface area contributed by atoms with E-state index in [2.05, 4.69) is 20.3 Å². The number of hydrogen-bond donors (Lipinski definition) is 1. The number of ether oxygens (including phenoxy) is 1. The third-order valence-corrected chi connectivity index (χ3v) is 5.85. The minimum absolute atomic E-state index is 0.0960. The van der Waals surface area contributed by atoms with Gasteiger partial charge in [-0.2, -0.15) is 8.78 Å². The summed E-state index contributed by atoms with van der Waals surface area (Å²) >= 11 is 1.27. The van der Waals surface area contributed by atoms with Crippen LogP contribution in [0.3, 0.4) is 0 Å². The van der Waals surface area contributed by atoms with Crippen LogP contribution in [0, 0.1) is 5.82 Å². The Kier molecular flexibility index (Phi) is 6.99. The monoisotopic (exact) mass is 462 g/mol. The van der Waals surface area contributed by atoms with Crippen LogP contribution in [0.2, 0.25) is 0 Å². The highest BCUT2D eigenvalue weighted by molar-refractivity contribution is 7.99. The fraction of sp³-hybridized carbons (Fsp3) is 0.318. The van der Waals surface area contributed by atoms with E-state index in [9.17, 15) is 18.0 Å². The van der Waals surface area contributed by atoms with E-state index >= 15 is 0 Å². The summed E-state index contributed by atoms with van der Waals surface area (Å²) in [4.78, 5) is 12.3. The Labute approximate surface area is 187 Å². The Balaban J connectivity index is 1.29. The van der Waals surface area contributed by atoms with Gasteiger partial charge in [0.1, 0.15) is 11.6 Å². The van der Waals surface area contributed by atoms with Gasteiger partial charge < -0.3 is 10.1 Å². The van der Waals surface area contributed by atoms with Crippen molar-refractivity contribution in [3.8, 4) is 17.1 Å². The molecule has 1 fully saturated rings. The number of carbonyl (C=O) groups is 1. The zero-order valence-corrected chi connectivity index (χ0v) is 17.8. The van der Waals surface area contributed by atoms with Gasteiger partial charge in [-0.1, -0.05) is 36.0 Å². The first kappa shape index (κ1) is 22.2. The van der Waals surface area contributed by atoms with Crippen molar-refractivity contribution in [2.24, 2.45) is 0 Å². The Morgan fingerprint density at radius 3 is 2.59 bits per heavy atom. The van der Waals surface area contributed by atoms with Gasteiger partial charge in [-0.3, -0.25) is 9.36 Å². The van der Waals surface area contributed by atoms with E-state index in [0.29, 0.717) is 29.5 Å². The summed E-state index contributed by atoms with van der Waals surface area (Å²) < 4.78 is 44.8. The molecule has 6 nitrogen and oxygen atoms in total. The van der Waals surface area contributed by atoms with Crippen LogP contribution in [-0.2, 0) is 11.2 Å². The minimum Gasteiger partial charge on any atom is -0.435 e. The summed E-state index contributed by atoms with van der Waals surface area (Å²) in [7, 11) is 0. The van der Waals surface area contributed by atoms with E-state index < -0.39 is 6.61 Å². The van der Waals surface area contributed by atoms with Crippen molar-refractivity contribution in [3.63, 3.8) is 0 Å². The van der Waals surface area contributed by atoms with Crippen molar-refractivity contribution >= 4 is 17.7 Å². The van der Waals surface area contributed by atoms with Crippen LogP contribution in [0.25, 0.3) is 11.4 Å². The number of rotatable bonds is 10. The second-order valence-electron chi connectivity index (χ2n) is 7.30. The number of nitrogens with zero attached hydrogens (tertiary/aromatic N) is 3. The van der Waals surface area contributed by atoms with Crippen molar-refractivity contribution in [1.29, 1.82) is 0 Å². The number of alkyl halides is 2. The van der Waals surface area contributed by atoms with Gasteiger partial charge in [0.15, 0.2) is 11.0 Å². The Morgan fingerprint density at radius 2 is 1.91 bits per heavy atom. The van der Waals surface area contributed by atoms with E-state index in [1.807, 2.05) is 4.57 Å². The fourth-order valence-corrected chi connectivity index (χ4v) is 4.06. The van der Waals surface area contributed by atoms with Gasteiger partial charge in [-0.15, -0.1) is 10.2 Å². The maximum Gasteiger partial charge on any atom is 0.387 e. The molecule has 32 heavy (non-hydrogen) atoms. The van der Waals surface area contributed by atoms with Crippen LogP contribution in [-0.4, -0.2) is 39.6 Å². The highest BCUT2D eigenvalue weighted by atomic mass is 32.2. The highest BCUT2D eigenvalue weighted by Crippen LogP contribution is 2.41. The maximum absolute atomic E-state index is 14.2. The molecule has 0 aliphatic heterocycles. The number of halogens is 3. The molecular formula is C22H21F3N4O2S. The summed E-state index contributed by atoms with van der Waals surface area (Å²) in [5.74, 6) is 0.213. The van der Waals surface area contributed by atoms with E-state index in [0.717, 1.165) is 18.4 Å². The van der Waals surface area contributed by atoms with Crippen LogP contribution < -0.4 is 10.1 Å². The van der Waals surface area contributed by atoms with Gasteiger partial charge in [0.2, 0.25) is 5.91 Å². The molecular weight excluding hydrogens is 441 g/mol. The SMILES string of the molecule is O=C(CSc1nnc(-c2ccccc2F)n1C1CC1)NCCc1ccc(OC(F)F)cc1. The summed E-state index contributed by atoms with van der Waals surface area (Å²) in [6.45, 7) is -2.45. The van der Waals surface area contributed by atoms with Gasteiger partial charge in [0.25, 0.3) is 0 Å². The van der Waals surface area contributed by atoms with Crippen molar-refractivity contribution in [1.82, 2.24) is 20.1 Å². The van der Waals surface area contributed by atoms with Crippen LogP contribution >= 0.6 is 11.8 Å². The molecule has 1 aliphatic carbocycles. The van der Waals surface area contributed by atoms with E-state index in [4.69, 9.17) is 0 Å². The van der Waals surface area contributed by atoms with E-state index in [1.165, 1.54) is 30.0 Å². The average Bonchev–Trinajstić information content (AvgIpc) is 3.53. The van der Waals surface area contributed by atoms with Crippen LogP contribution in [0.1, 0.15) is 24.4 Å². The largest absolute Gasteiger partial charge is 0.435 e. The Hall–Kier alpha value is -3.01. The first-order valence-corrected chi connectivity index (χ1v) is 11.1. The minimum atomic E-state index is -2.86. The molecule has 3 aromatic rings. The maximum atomic E-state index is 14.2. The molecule has 2 aromatic carbocycles. The molecule has 10 heteroatoms. The van der Waals surface area contributed by atoms with Crippen molar-refractivity contribution in [2.45, 2.75) is 37.1 Å². The predicted molar refractivity (Wildman–Crippen MR) is 114 cm³/mol. The van der Waals surface area contributed by atoms with Crippen LogP contribution in [0.4, 0.5) is 13.2 Å². The lowest BCUT2D eigenvalue weighted by atomic mass is 10.1. The van der Waals surface area contributed by atoms with Gasteiger partial charge in [0, 0.05) is 12.6 Å². The molecule has 168 valence electrons. The second-order valence-corrected chi connectivity index (χ2v) is 8.24. The lowest BCUT2D eigenvalue weighted by Gasteiger charge is -2.10. The third kappa shape index (κ3) is 5.61. The standard InChI is InChI=1S/C22H21F3N4O2S/c23-18-4-2-1-3-17(18)20-27-28-22(29(20)15-7-8-15)32-13-19(30)26-12-11-14-5-9-16(10-6-14)31-21(24)25/h1-6,9-10,15,21H,7-8,11-13H2,(H,26,30). The normalized spacial score (nSPS) is 13.4. The molecule has 1 saturated carbocycles. The number of amides is 1. The molecule has 0 spiro atoms. The first-order chi connectivity index (χ1) is 15.5. The number of benzene rings is 2. The van der Waals surface area contributed by atoms with Crippen molar-refractivity contribution < 1.29 is 22.7 Å². The number of carbonyl (C=O) groups excluding carboxylic acids is 1. The predicted octanol–water partition coefficient (Wildman–Crippen LogP) is 4.47. The molecule has 1 aliphatic rings. The van der Waals surface area contributed by atoms with E-state index in [-0.39, 0.29) is 29.3 Å². The second kappa shape index (κ2) is 10.1. The number of nitrogens with one attached hydrogen (secondary N) is 1. The molecule has 1 aromatic heterocycles. The molecule has 0 unspecified atom stereocenters. The Bertz CT molecular complexity index is 1070. The van der Waals surface area contributed by atoms with E-state index in [1.54, 1.807) is 30.3 Å². The quantitative estimate of drug-likeness (QED) is 0.450. The highest BCUT2D eigenvalue weighted by Gasteiger charge is 2.31. The van der Waals surface area contributed by atoms with Crippen molar-refractivity contribution in [2.75, 3.05) is 12.3 Å². The van der Waals surface area contributed by atoms with Gasteiger partial charge in [-0.05, 0) is 49.1 Å². The topological polar surface area (TPSA) is 69.0 Å². The zero-order chi connectivity index (χ0) is 22.5. The van der Waals surface area contributed by atoms with Crippen LogP contribution in [0.5, 0.6) is 5.75 Å². The zero-order valence-electron chi connectivity index (χ0n) is 17.0. The molecule has 1 amide bonds. The third-order valence-electron chi connectivity index (χ3n) is 4.91. The molecule has 4 rings (SSSR count). The number of hydrogen-bond acceptors (Lipinski definition) is 5. The molecule has 1 heterocycles. The van der Waals surface area contributed by atoms with Gasteiger partial charge >= 0.3 is 6.61 Å². The summed E-state index contributed by atoms with van der Waals surface area (Å²) in [5, 5.41) is 11.8. The molecule has 0 bridgehead atoms. The summed E-state index contributed by atoms with van der Waals surface area (Å²) in [6.07, 6.45) is 2.50. The molecule has 0 radical (unpaired) electrons. The number of aromatic nitrogens is 3. The lowest BCUT2D eigenvalue weighted by Crippen LogP contribution is -2.27. The van der Waals surface area contributed by atoms with Crippen LogP contribution in [0.15, 0.2) is 53.7 Å². The summed E-state index contributed by atoms with van der Waals surface area (Å²) in [5.41, 5.74) is 1.29. The fourth-order valence-electron chi connectivity index (χ4n) is 3.23. The van der Waals surface area contributed by atoms with Gasteiger partial charge in [0.05, 0.1) is 11.3 Å².